The highest BCUT2D eigenvalue weighted by Gasteiger charge is 2.30. The summed E-state index contributed by atoms with van der Waals surface area (Å²) in [5.74, 6) is 0.420. The number of hydrogen-bond donors (Lipinski definition) is 1. The van der Waals surface area contributed by atoms with Gasteiger partial charge in [0.1, 0.15) is 5.82 Å². The number of anilines is 2. The fourth-order valence-corrected chi connectivity index (χ4v) is 2.01. The van der Waals surface area contributed by atoms with Gasteiger partial charge in [-0.25, -0.2) is 4.98 Å². The number of pyridine rings is 1. The predicted molar refractivity (Wildman–Crippen MR) is 82.1 cm³/mol. The first-order valence-corrected chi connectivity index (χ1v) is 6.81. The second-order valence-electron chi connectivity index (χ2n) is 5.29. The summed E-state index contributed by atoms with van der Waals surface area (Å²) in [7, 11) is 3.94. The number of halogens is 3. The molecule has 0 aliphatic carbocycles. The minimum Gasteiger partial charge on any atom is -0.378 e. The van der Waals surface area contributed by atoms with Crippen LogP contribution in [0.5, 0.6) is 0 Å². The van der Waals surface area contributed by atoms with E-state index in [-0.39, 0.29) is 0 Å². The second kappa shape index (κ2) is 6.25. The Bertz CT molecular complexity index is 634. The minimum absolute atomic E-state index is 0.420. The molecule has 2 aromatic rings. The Hall–Kier alpha value is -2.24. The van der Waals surface area contributed by atoms with Crippen molar-refractivity contribution in [3.8, 4) is 0 Å². The monoisotopic (exact) mass is 309 g/mol. The van der Waals surface area contributed by atoms with E-state index in [1.807, 2.05) is 38.1 Å². The Morgan fingerprint density at radius 2 is 1.86 bits per heavy atom. The van der Waals surface area contributed by atoms with Crippen LogP contribution in [0, 0.1) is 6.92 Å². The highest BCUT2D eigenvalue weighted by molar-refractivity contribution is 5.50. The van der Waals surface area contributed by atoms with E-state index in [0.29, 0.717) is 12.4 Å². The second-order valence-corrected chi connectivity index (χ2v) is 5.29. The Labute approximate surface area is 127 Å². The quantitative estimate of drug-likeness (QED) is 0.922. The van der Waals surface area contributed by atoms with Crippen molar-refractivity contribution < 1.29 is 13.2 Å². The molecule has 0 bridgehead atoms. The lowest BCUT2D eigenvalue weighted by atomic mass is 10.1. The van der Waals surface area contributed by atoms with Gasteiger partial charge in [-0.2, -0.15) is 13.2 Å². The first-order chi connectivity index (χ1) is 10.3. The number of rotatable bonds is 4. The lowest BCUT2D eigenvalue weighted by Crippen LogP contribution is -2.10. The van der Waals surface area contributed by atoms with Crippen LogP contribution >= 0.6 is 0 Å². The lowest BCUT2D eigenvalue weighted by Gasteiger charge is -2.15. The summed E-state index contributed by atoms with van der Waals surface area (Å²) >= 11 is 0. The molecule has 0 saturated heterocycles. The molecule has 0 atom stereocenters. The standard InChI is InChI=1S/C16H18F3N3/c1-11-8-14(22(2)3)6-4-12(11)9-20-15-7-5-13(10-21-15)16(17,18)19/h4-8,10H,9H2,1-3H3,(H,20,21). The van der Waals surface area contributed by atoms with E-state index < -0.39 is 11.7 Å². The zero-order valence-corrected chi connectivity index (χ0v) is 12.7. The van der Waals surface area contributed by atoms with Crippen LogP contribution in [-0.4, -0.2) is 19.1 Å². The molecule has 0 aliphatic rings. The van der Waals surface area contributed by atoms with Gasteiger partial charge in [0.05, 0.1) is 5.56 Å². The molecular formula is C16H18F3N3. The molecule has 0 fully saturated rings. The Morgan fingerprint density at radius 3 is 2.36 bits per heavy atom. The molecule has 2 rings (SSSR count). The molecule has 6 heteroatoms. The summed E-state index contributed by atoms with van der Waals surface area (Å²) in [6.07, 6.45) is -3.52. The Morgan fingerprint density at radius 1 is 1.14 bits per heavy atom. The number of hydrogen-bond acceptors (Lipinski definition) is 3. The van der Waals surface area contributed by atoms with Gasteiger partial charge in [-0.3, -0.25) is 0 Å². The minimum atomic E-state index is -4.36. The van der Waals surface area contributed by atoms with E-state index in [9.17, 15) is 13.2 Å². The van der Waals surface area contributed by atoms with E-state index in [4.69, 9.17) is 0 Å². The summed E-state index contributed by atoms with van der Waals surface area (Å²) in [5, 5.41) is 3.04. The lowest BCUT2D eigenvalue weighted by molar-refractivity contribution is -0.137. The van der Waals surface area contributed by atoms with Gasteiger partial charge in [0.2, 0.25) is 0 Å². The number of alkyl halides is 3. The maximum absolute atomic E-state index is 12.5. The normalized spacial score (nSPS) is 11.4. The fraction of sp³-hybridized carbons (Fsp3) is 0.312. The van der Waals surface area contributed by atoms with E-state index in [1.54, 1.807) is 0 Å². The summed E-state index contributed by atoms with van der Waals surface area (Å²) < 4.78 is 37.4. The highest BCUT2D eigenvalue weighted by atomic mass is 19.4. The number of aromatic nitrogens is 1. The maximum Gasteiger partial charge on any atom is 0.417 e. The first-order valence-electron chi connectivity index (χ1n) is 6.81. The van der Waals surface area contributed by atoms with Crippen molar-refractivity contribution in [2.75, 3.05) is 24.3 Å². The van der Waals surface area contributed by atoms with Crippen LogP contribution in [0.2, 0.25) is 0 Å². The van der Waals surface area contributed by atoms with Crippen LogP contribution in [0.3, 0.4) is 0 Å². The molecule has 1 aromatic heterocycles. The molecule has 0 aliphatic heterocycles. The molecule has 1 aromatic carbocycles. The van der Waals surface area contributed by atoms with Gasteiger partial charge in [-0.1, -0.05) is 6.07 Å². The van der Waals surface area contributed by atoms with Gasteiger partial charge in [0.25, 0.3) is 0 Å². The van der Waals surface area contributed by atoms with E-state index in [2.05, 4.69) is 16.4 Å². The smallest absolute Gasteiger partial charge is 0.378 e. The molecule has 22 heavy (non-hydrogen) atoms. The number of nitrogens with one attached hydrogen (secondary N) is 1. The van der Waals surface area contributed by atoms with Crippen LogP contribution in [0.25, 0.3) is 0 Å². The number of nitrogens with zero attached hydrogens (tertiary/aromatic N) is 2. The highest BCUT2D eigenvalue weighted by Crippen LogP contribution is 2.29. The van der Waals surface area contributed by atoms with Gasteiger partial charge in [-0.05, 0) is 42.3 Å². The van der Waals surface area contributed by atoms with Crippen molar-refractivity contribution in [1.82, 2.24) is 4.98 Å². The van der Waals surface area contributed by atoms with Gasteiger partial charge in [0, 0.05) is 32.5 Å². The summed E-state index contributed by atoms with van der Waals surface area (Å²) in [6, 6.07) is 8.44. The van der Waals surface area contributed by atoms with Gasteiger partial charge in [0.15, 0.2) is 0 Å². The molecule has 3 nitrogen and oxygen atoms in total. The van der Waals surface area contributed by atoms with E-state index in [1.165, 1.54) is 6.07 Å². The first kappa shape index (κ1) is 16.1. The van der Waals surface area contributed by atoms with Crippen molar-refractivity contribution >= 4 is 11.5 Å². The number of aryl methyl sites for hydroxylation is 1. The molecule has 0 saturated carbocycles. The Kier molecular flexibility index (Phi) is 4.59. The van der Waals surface area contributed by atoms with Crippen LogP contribution in [-0.2, 0) is 12.7 Å². The Balaban J connectivity index is 2.04. The van der Waals surface area contributed by atoms with Crippen LogP contribution in [0.4, 0.5) is 24.7 Å². The van der Waals surface area contributed by atoms with Crippen molar-refractivity contribution in [1.29, 1.82) is 0 Å². The third-order valence-corrected chi connectivity index (χ3v) is 3.39. The van der Waals surface area contributed by atoms with E-state index in [0.717, 1.165) is 29.1 Å². The molecule has 1 heterocycles. The molecule has 118 valence electrons. The molecule has 0 radical (unpaired) electrons. The van der Waals surface area contributed by atoms with E-state index >= 15 is 0 Å². The summed E-state index contributed by atoms with van der Waals surface area (Å²) in [4.78, 5) is 5.81. The van der Waals surface area contributed by atoms with Gasteiger partial charge < -0.3 is 10.2 Å². The van der Waals surface area contributed by atoms with Gasteiger partial charge >= 0.3 is 6.18 Å². The summed E-state index contributed by atoms with van der Waals surface area (Å²) in [5.41, 5.74) is 2.55. The third-order valence-electron chi connectivity index (χ3n) is 3.39. The van der Waals surface area contributed by atoms with Crippen LogP contribution in [0.15, 0.2) is 36.5 Å². The average Bonchev–Trinajstić information content (AvgIpc) is 2.45. The zero-order chi connectivity index (χ0) is 16.3. The number of benzene rings is 1. The largest absolute Gasteiger partial charge is 0.417 e. The molecule has 0 amide bonds. The third kappa shape index (κ3) is 3.90. The van der Waals surface area contributed by atoms with Crippen LogP contribution < -0.4 is 10.2 Å². The maximum atomic E-state index is 12.5. The fourth-order valence-electron chi connectivity index (χ4n) is 2.01. The zero-order valence-electron chi connectivity index (χ0n) is 12.7. The van der Waals surface area contributed by atoms with Gasteiger partial charge in [-0.15, -0.1) is 0 Å². The topological polar surface area (TPSA) is 28.2 Å². The SMILES string of the molecule is Cc1cc(N(C)C)ccc1CNc1ccc(C(F)(F)F)cn1. The van der Waals surface area contributed by atoms with Crippen molar-refractivity contribution in [3.63, 3.8) is 0 Å². The van der Waals surface area contributed by atoms with Crippen molar-refractivity contribution in [2.45, 2.75) is 19.6 Å². The molecule has 1 N–H and O–H groups in total. The summed E-state index contributed by atoms with van der Waals surface area (Å²) in [6.45, 7) is 2.52. The average molecular weight is 309 g/mol. The molecular weight excluding hydrogens is 291 g/mol. The predicted octanol–water partition coefficient (Wildman–Crippen LogP) is 4.09. The van der Waals surface area contributed by atoms with Crippen LogP contribution in [0.1, 0.15) is 16.7 Å². The van der Waals surface area contributed by atoms with Crippen molar-refractivity contribution in [3.05, 3.63) is 53.2 Å². The van der Waals surface area contributed by atoms with Crippen molar-refractivity contribution in [2.24, 2.45) is 0 Å². The molecule has 0 spiro atoms. The molecule has 0 unspecified atom stereocenters.